The lowest BCUT2D eigenvalue weighted by atomic mass is 9.84. The summed E-state index contributed by atoms with van der Waals surface area (Å²) >= 11 is 0. The van der Waals surface area contributed by atoms with Crippen molar-refractivity contribution < 1.29 is 22.4 Å². The van der Waals surface area contributed by atoms with Crippen LogP contribution in [0.15, 0.2) is 30.5 Å². The number of hydrogen-bond acceptors (Lipinski definition) is 2. The lowest BCUT2D eigenvalue weighted by Gasteiger charge is -2.26. The van der Waals surface area contributed by atoms with Crippen molar-refractivity contribution in [3.05, 3.63) is 53.1 Å². The molecule has 0 spiro atoms. The van der Waals surface area contributed by atoms with E-state index in [1.54, 1.807) is 32.0 Å². The van der Waals surface area contributed by atoms with Crippen LogP contribution in [-0.2, 0) is 18.6 Å². The number of carbonyl (C=O) groups is 1. The maximum absolute atomic E-state index is 13.9. The minimum absolute atomic E-state index is 0.0288. The summed E-state index contributed by atoms with van der Waals surface area (Å²) in [5, 5.41) is 5.93. The van der Waals surface area contributed by atoms with Gasteiger partial charge in [0, 0.05) is 19.0 Å². The Labute approximate surface area is 136 Å². The topological polar surface area (TPSA) is 46.9 Å². The Morgan fingerprint density at radius 2 is 1.88 bits per heavy atom. The predicted molar refractivity (Wildman–Crippen MR) is 80.0 cm³/mol. The van der Waals surface area contributed by atoms with Crippen LogP contribution in [0.3, 0.4) is 0 Å². The molecule has 2 aromatic rings. The molecule has 0 fully saturated rings. The second kappa shape index (κ2) is 6.26. The molecule has 0 radical (unpaired) electrons. The van der Waals surface area contributed by atoms with Crippen molar-refractivity contribution in [2.24, 2.45) is 7.05 Å². The maximum Gasteiger partial charge on any atom is 0.433 e. The van der Waals surface area contributed by atoms with Gasteiger partial charge in [-0.15, -0.1) is 0 Å². The summed E-state index contributed by atoms with van der Waals surface area (Å²) in [4.78, 5) is 12.1. The molecule has 0 aliphatic carbocycles. The van der Waals surface area contributed by atoms with Crippen molar-refractivity contribution in [3.8, 4) is 0 Å². The van der Waals surface area contributed by atoms with Gasteiger partial charge in [-0.1, -0.05) is 32.0 Å². The first-order chi connectivity index (χ1) is 11.0. The SMILES string of the molecule is Cn1ncc(C(=O)NCC(C)(C)c2ccccc2F)c1C(F)(F)F. The summed E-state index contributed by atoms with van der Waals surface area (Å²) in [6.45, 7) is 3.36. The Bertz CT molecular complexity index is 750. The van der Waals surface area contributed by atoms with Crippen LogP contribution in [0.4, 0.5) is 17.6 Å². The molecule has 24 heavy (non-hydrogen) atoms. The molecule has 0 saturated carbocycles. The average Bonchev–Trinajstić information content (AvgIpc) is 2.87. The number of carbonyl (C=O) groups excluding carboxylic acids is 1. The molecular weight excluding hydrogens is 326 g/mol. The Hall–Kier alpha value is -2.38. The number of alkyl halides is 3. The van der Waals surface area contributed by atoms with E-state index in [-0.39, 0.29) is 6.54 Å². The number of hydrogen-bond donors (Lipinski definition) is 1. The normalized spacial score (nSPS) is 12.3. The molecular formula is C16H17F4N3O. The molecule has 130 valence electrons. The van der Waals surface area contributed by atoms with Gasteiger partial charge in [0.2, 0.25) is 0 Å². The highest BCUT2D eigenvalue weighted by molar-refractivity contribution is 5.95. The molecule has 2 rings (SSSR count). The van der Waals surface area contributed by atoms with E-state index in [9.17, 15) is 22.4 Å². The van der Waals surface area contributed by atoms with Gasteiger partial charge in [-0.25, -0.2) is 4.39 Å². The van der Waals surface area contributed by atoms with E-state index in [1.165, 1.54) is 6.07 Å². The number of halogens is 4. The molecule has 0 unspecified atom stereocenters. The lowest BCUT2D eigenvalue weighted by Crippen LogP contribution is -2.37. The van der Waals surface area contributed by atoms with Gasteiger partial charge in [-0.3, -0.25) is 9.48 Å². The van der Waals surface area contributed by atoms with Crippen LogP contribution in [0.5, 0.6) is 0 Å². The molecule has 8 heteroatoms. The zero-order valence-corrected chi connectivity index (χ0v) is 13.4. The summed E-state index contributed by atoms with van der Waals surface area (Å²) in [6, 6.07) is 6.07. The van der Waals surface area contributed by atoms with Crippen molar-refractivity contribution >= 4 is 5.91 Å². The van der Waals surface area contributed by atoms with Gasteiger partial charge in [0.05, 0.1) is 11.8 Å². The third-order valence-electron chi connectivity index (χ3n) is 3.75. The van der Waals surface area contributed by atoms with Crippen molar-refractivity contribution in [3.63, 3.8) is 0 Å². The second-order valence-electron chi connectivity index (χ2n) is 6.07. The van der Waals surface area contributed by atoms with Crippen molar-refractivity contribution in [2.45, 2.75) is 25.4 Å². The van der Waals surface area contributed by atoms with E-state index in [4.69, 9.17) is 0 Å². The second-order valence-corrected chi connectivity index (χ2v) is 6.07. The van der Waals surface area contributed by atoms with E-state index in [0.29, 0.717) is 10.2 Å². The first kappa shape index (κ1) is 18.0. The van der Waals surface area contributed by atoms with Gasteiger partial charge < -0.3 is 5.32 Å². The van der Waals surface area contributed by atoms with E-state index >= 15 is 0 Å². The van der Waals surface area contributed by atoms with E-state index in [1.807, 2.05) is 0 Å². The summed E-state index contributed by atoms with van der Waals surface area (Å²) in [7, 11) is 1.11. The third kappa shape index (κ3) is 3.58. The fraction of sp³-hybridized carbons (Fsp3) is 0.375. The number of aryl methyl sites for hydroxylation is 1. The van der Waals surface area contributed by atoms with Crippen molar-refractivity contribution in [1.82, 2.24) is 15.1 Å². The van der Waals surface area contributed by atoms with E-state index in [0.717, 1.165) is 13.2 Å². The first-order valence-electron chi connectivity index (χ1n) is 7.16. The van der Waals surface area contributed by atoms with Crippen LogP contribution < -0.4 is 5.32 Å². The molecule has 4 nitrogen and oxygen atoms in total. The van der Waals surface area contributed by atoms with Crippen LogP contribution in [0, 0.1) is 5.82 Å². The summed E-state index contributed by atoms with van der Waals surface area (Å²) < 4.78 is 53.5. The van der Waals surface area contributed by atoms with Crippen LogP contribution >= 0.6 is 0 Å². The number of rotatable bonds is 4. The molecule has 1 N–H and O–H groups in total. The molecule has 1 aromatic carbocycles. The lowest BCUT2D eigenvalue weighted by molar-refractivity contribution is -0.144. The monoisotopic (exact) mass is 343 g/mol. The van der Waals surface area contributed by atoms with Crippen molar-refractivity contribution in [1.29, 1.82) is 0 Å². The molecule has 0 saturated heterocycles. The molecule has 1 heterocycles. The zero-order valence-electron chi connectivity index (χ0n) is 13.4. The van der Waals surface area contributed by atoms with Gasteiger partial charge in [-0.05, 0) is 11.6 Å². The fourth-order valence-corrected chi connectivity index (χ4v) is 2.44. The molecule has 0 bridgehead atoms. The molecule has 1 aromatic heterocycles. The Kier molecular flexibility index (Phi) is 4.68. The van der Waals surface area contributed by atoms with Gasteiger partial charge in [0.1, 0.15) is 5.82 Å². The minimum Gasteiger partial charge on any atom is -0.351 e. The van der Waals surface area contributed by atoms with Gasteiger partial charge in [0.25, 0.3) is 5.91 Å². The Morgan fingerprint density at radius 1 is 1.25 bits per heavy atom. The number of nitrogens with zero attached hydrogens (tertiary/aromatic N) is 2. The zero-order chi connectivity index (χ0) is 18.1. The fourth-order valence-electron chi connectivity index (χ4n) is 2.44. The predicted octanol–water partition coefficient (Wildman–Crippen LogP) is 3.29. The largest absolute Gasteiger partial charge is 0.433 e. The summed E-state index contributed by atoms with van der Waals surface area (Å²) in [5.41, 5.74) is -2.10. The molecule has 0 aliphatic rings. The highest BCUT2D eigenvalue weighted by Gasteiger charge is 2.39. The van der Waals surface area contributed by atoms with Gasteiger partial charge in [-0.2, -0.15) is 18.3 Å². The van der Waals surface area contributed by atoms with Crippen molar-refractivity contribution in [2.75, 3.05) is 6.54 Å². The third-order valence-corrected chi connectivity index (χ3v) is 3.75. The summed E-state index contributed by atoms with van der Waals surface area (Å²) in [5.74, 6) is -1.34. The van der Waals surface area contributed by atoms with Crippen LogP contribution in [-0.4, -0.2) is 22.2 Å². The highest BCUT2D eigenvalue weighted by Crippen LogP contribution is 2.31. The smallest absolute Gasteiger partial charge is 0.351 e. The van der Waals surface area contributed by atoms with Crippen LogP contribution in [0.1, 0.15) is 35.5 Å². The number of aromatic nitrogens is 2. The number of nitrogens with one attached hydrogen (secondary N) is 1. The maximum atomic E-state index is 13.9. The molecule has 0 aliphatic heterocycles. The van der Waals surface area contributed by atoms with Gasteiger partial charge in [0.15, 0.2) is 5.69 Å². The number of amides is 1. The first-order valence-corrected chi connectivity index (χ1v) is 7.16. The minimum atomic E-state index is -4.70. The Morgan fingerprint density at radius 3 is 2.46 bits per heavy atom. The van der Waals surface area contributed by atoms with E-state index < -0.39 is 34.6 Å². The Balaban J connectivity index is 2.19. The standard InChI is InChI=1S/C16H17F4N3O/c1-15(2,11-6-4-5-7-12(11)17)9-21-14(24)10-8-22-23(3)13(10)16(18,19)20/h4-8H,9H2,1-3H3,(H,21,24). The quantitative estimate of drug-likeness (QED) is 0.866. The van der Waals surface area contributed by atoms with Crippen LogP contribution in [0.2, 0.25) is 0 Å². The van der Waals surface area contributed by atoms with Crippen LogP contribution in [0.25, 0.3) is 0 Å². The van der Waals surface area contributed by atoms with Gasteiger partial charge >= 0.3 is 6.18 Å². The number of benzene rings is 1. The average molecular weight is 343 g/mol. The highest BCUT2D eigenvalue weighted by atomic mass is 19.4. The van der Waals surface area contributed by atoms with E-state index in [2.05, 4.69) is 10.4 Å². The summed E-state index contributed by atoms with van der Waals surface area (Å²) in [6.07, 6.45) is -3.83. The molecule has 1 amide bonds. The molecule has 0 atom stereocenters.